The standard InChI is InChI=1S/C35H39N3O5/c1-22-17-23(2)19-27(18-22)31(32(40)36-28-14-13-25-9-7-8-10-26(25)21-28)38(6)33(41)30(37-34(42)43-35(3,4)5)20-24-11-15-29(39)16-12-24/h7-19,21,30-31,39H,20H2,1-6H3,(H,36,40)(H,37,42). The second-order valence-corrected chi connectivity index (χ2v) is 11.9. The average Bonchev–Trinajstić information content (AvgIpc) is 2.92. The number of phenols is 1. The number of aryl methyl sites for hydroxylation is 2. The van der Waals surface area contributed by atoms with Crippen molar-refractivity contribution < 1.29 is 24.2 Å². The zero-order chi connectivity index (χ0) is 31.3. The normalized spacial score (nSPS) is 12.7. The molecule has 0 saturated heterocycles. The summed E-state index contributed by atoms with van der Waals surface area (Å²) in [6.07, 6.45) is -0.629. The number of carbonyl (C=O) groups is 3. The number of nitrogens with zero attached hydrogens (tertiary/aromatic N) is 1. The van der Waals surface area contributed by atoms with E-state index in [2.05, 4.69) is 10.6 Å². The molecular formula is C35H39N3O5. The van der Waals surface area contributed by atoms with Gasteiger partial charge in [0.25, 0.3) is 5.91 Å². The van der Waals surface area contributed by atoms with Gasteiger partial charge in [0.1, 0.15) is 23.4 Å². The molecule has 0 aliphatic rings. The summed E-state index contributed by atoms with van der Waals surface area (Å²) < 4.78 is 5.45. The number of carbonyl (C=O) groups excluding carboxylic acids is 3. The van der Waals surface area contributed by atoms with Crippen LogP contribution in [0.25, 0.3) is 10.8 Å². The predicted molar refractivity (Wildman–Crippen MR) is 169 cm³/mol. The number of benzene rings is 4. The molecule has 0 heterocycles. The molecule has 0 aromatic heterocycles. The molecule has 0 radical (unpaired) electrons. The molecule has 8 heteroatoms. The SMILES string of the molecule is Cc1cc(C)cc(C(C(=O)Nc2ccc3ccccc3c2)N(C)C(=O)C(Cc2ccc(O)cc2)NC(=O)OC(C)(C)C)c1. The summed E-state index contributed by atoms with van der Waals surface area (Å²) in [5.41, 5.74) is 3.09. The summed E-state index contributed by atoms with van der Waals surface area (Å²) in [6.45, 7) is 9.09. The third-order valence-corrected chi connectivity index (χ3v) is 6.93. The van der Waals surface area contributed by atoms with Crippen LogP contribution >= 0.6 is 0 Å². The van der Waals surface area contributed by atoms with Crippen LogP contribution in [0.3, 0.4) is 0 Å². The molecule has 224 valence electrons. The van der Waals surface area contributed by atoms with Crippen LogP contribution in [0.15, 0.2) is 84.9 Å². The average molecular weight is 582 g/mol. The number of anilines is 1. The monoisotopic (exact) mass is 581 g/mol. The minimum Gasteiger partial charge on any atom is -0.508 e. The summed E-state index contributed by atoms with van der Waals surface area (Å²) >= 11 is 0. The van der Waals surface area contributed by atoms with Crippen molar-refractivity contribution in [1.29, 1.82) is 0 Å². The minimum atomic E-state index is -1.05. The van der Waals surface area contributed by atoms with Crippen LogP contribution in [0.5, 0.6) is 5.75 Å². The Balaban J connectivity index is 1.68. The van der Waals surface area contributed by atoms with Crippen LogP contribution in [-0.2, 0) is 20.7 Å². The first-order valence-corrected chi connectivity index (χ1v) is 14.2. The molecule has 0 bridgehead atoms. The first-order valence-electron chi connectivity index (χ1n) is 14.2. The van der Waals surface area contributed by atoms with E-state index >= 15 is 0 Å². The van der Waals surface area contributed by atoms with Crippen LogP contribution in [0.4, 0.5) is 10.5 Å². The number of rotatable bonds is 8. The number of fused-ring (bicyclic) bond motifs is 1. The number of hydrogen-bond acceptors (Lipinski definition) is 5. The Hall–Kier alpha value is -4.85. The molecule has 4 aromatic rings. The highest BCUT2D eigenvalue weighted by Crippen LogP contribution is 2.27. The van der Waals surface area contributed by atoms with Gasteiger partial charge in [0.05, 0.1) is 0 Å². The number of amides is 3. The van der Waals surface area contributed by atoms with Crippen LogP contribution in [-0.4, -0.2) is 46.6 Å². The molecule has 0 aliphatic heterocycles. The zero-order valence-electron chi connectivity index (χ0n) is 25.5. The molecule has 0 aliphatic carbocycles. The molecule has 0 fully saturated rings. The van der Waals surface area contributed by atoms with Crippen LogP contribution < -0.4 is 10.6 Å². The Bertz CT molecular complexity index is 1600. The Labute approximate surface area is 252 Å². The molecular weight excluding hydrogens is 542 g/mol. The molecule has 0 saturated carbocycles. The van der Waals surface area contributed by atoms with E-state index < -0.39 is 35.6 Å². The van der Waals surface area contributed by atoms with Crippen molar-refractivity contribution >= 4 is 34.4 Å². The Morgan fingerprint density at radius 3 is 2.12 bits per heavy atom. The van der Waals surface area contributed by atoms with Gasteiger partial charge in [-0.3, -0.25) is 9.59 Å². The van der Waals surface area contributed by atoms with Gasteiger partial charge in [-0.2, -0.15) is 0 Å². The Morgan fingerprint density at radius 1 is 0.860 bits per heavy atom. The fourth-order valence-electron chi connectivity index (χ4n) is 5.09. The number of nitrogens with one attached hydrogen (secondary N) is 2. The summed E-state index contributed by atoms with van der Waals surface area (Å²) in [7, 11) is 1.56. The number of hydrogen-bond donors (Lipinski definition) is 3. The third kappa shape index (κ3) is 8.35. The van der Waals surface area contributed by atoms with Crippen molar-refractivity contribution in [3.8, 4) is 5.75 Å². The van der Waals surface area contributed by atoms with Crippen molar-refractivity contribution in [2.75, 3.05) is 12.4 Å². The maximum Gasteiger partial charge on any atom is 0.408 e. The zero-order valence-corrected chi connectivity index (χ0v) is 25.5. The van der Waals surface area contributed by atoms with Gasteiger partial charge in [-0.1, -0.05) is 71.8 Å². The van der Waals surface area contributed by atoms with E-state index in [-0.39, 0.29) is 12.2 Å². The van der Waals surface area contributed by atoms with E-state index in [9.17, 15) is 19.5 Å². The van der Waals surface area contributed by atoms with Gasteiger partial charge in [0.15, 0.2) is 0 Å². The summed E-state index contributed by atoms with van der Waals surface area (Å²) in [5, 5.41) is 17.5. The molecule has 3 N–H and O–H groups in total. The van der Waals surface area contributed by atoms with Gasteiger partial charge in [0, 0.05) is 19.2 Å². The molecule has 2 atom stereocenters. The van der Waals surface area contributed by atoms with Crippen molar-refractivity contribution in [3.05, 3.63) is 107 Å². The largest absolute Gasteiger partial charge is 0.508 e. The lowest BCUT2D eigenvalue weighted by Gasteiger charge is -2.32. The highest BCUT2D eigenvalue weighted by molar-refractivity contribution is 6.00. The second-order valence-electron chi connectivity index (χ2n) is 11.9. The molecule has 8 nitrogen and oxygen atoms in total. The number of likely N-dealkylation sites (N-methyl/N-ethyl adjacent to an activating group) is 1. The van der Waals surface area contributed by atoms with Gasteiger partial charge in [-0.05, 0) is 80.8 Å². The van der Waals surface area contributed by atoms with Crippen molar-refractivity contribution in [2.24, 2.45) is 0 Å². The van der Waals surface area contributed by atoms with Crippen LogP contribution in [0, 0.1) is 13.8 Å². The van der Waals surface area contributed by atoms with E-state index in [4.69, 9.17) is 4.74 Å². The lowest BCUT2D eigenvalue weighted by molar-refractivity contribution is -0.139. The number of phenolic OH excluding ortho intramolecular Hbond substituents is 1. The van der Waals surface area contributed by atoms with Gasteiger partial charge in [0.2, 0.25) is 5.91 Å². The molecule has 3 amide bonds. The lowest BCUT2D eigenvalue weighted by atomic mass is 9.98. The molecule has 0 spiro atoms. The van der Waals surface area contributed by atoms with E-state index in [1.165, 1.54) is 17.0 Å². The van der Waals surface area contributed by atoms with E-state index in [0.29, 0.717) is 16.8 Å². The highest BCUT2D eigenvalue weighted by atomic mass is 16.6. The number of ether oxygens (including phenoxy) is 1. The topological polar surface area (TPSA) is 108 Å². The summed E-state index contributed by atoms with van der Waals surface area (Å²) in [6, 6.07) is 23.6. The Kier molecular flexibility index (Phi) is 9.39. The quantitative estimate of drug-likeness (QED) is 0.222. The van der Waals surface area contributed by atoms with E-state index in [1.807, 2.05) is 74.5 Å². The first-order chi connectivity index (χ1) is 20.3. The number of alkyl carbamates (subject to hydrolysis) is 1. The Morgan fingerprint density at radius 2 is 1.49 bits per heavy atom. The lowest BCUT2D eigenvalue weighted by Crippen LogP contribution is -2.52. The predicted octanol–water partition coefficient (Wildman–Crippen LogP) is 6.44. The molecule has 2 unspecified atom stereocenters. The van der Waals surface area contributed by atoms with Gasteiger partial charge in [-0.25, -0.2) is 4.79 Å². The van der Waals surface area contributed by atoms with Crippen LogP contribution in [0.2, 0.25) is 0 Å². The van der Waals surface area contributed by atoms with Crippen molar-refractivity contribution in [1.82, 2.24) is 10.2 Å². The first kappa shape index (κ1) is 31.1. The summed E-state index contributed by atoms with van der Waals surface area (Å²) in [5.74, 6) is -0.780. The second kappa shape index (κ2) is 13.0. The molecule has 4 aromatic carbocycles. The smallest absolute Gasteiger partial charge is 0.408 e. The fourth-order valence-corrected chi connectivity index (χ4v) is 5.09. The molecule has 4 rings (SSSR count). The molecule has 43 heavy (non-hydrogen) atoms. The third-order valence-electron chi connectivity index (χ3n) is 6.93. The van der Waals surface area contributed by atoms with E-state index in [0.717, 1.165) is 21.9 Å². The van der Waals surface area contributed by atoms with Crippen molar-refractivity contribution in [3.63, 3.8) is 0 Å². The van der Waals surface area contributed by atoms with E-state index in [1.54, 1.807) is 40.0 Å². The van der Waals surface area contributed by atoms with Gasteiger partial charge >= 0.3 is 6.09 Å². The minimum absolute atomic E-state index is 0.0871. The van der Waals surface area contributed by atoms with Crippen molar-refractivity contribution in [2.45, 2.75) is 58.7 Å². The maximum absolute atomic E-state index is 14.2. The van der Waals surface area contributed by atoms with Gasteiger partial charge < -0.3 is 25.4 Å². The number of aromatic hydroxyl groups is 1. The fraction of sp³-hybridized carbons (Fsp3) is 0.286. The maximum atomic E-state index is 14.2. The van der Waals surface area contributed by atoms with Crippen LogP contribution in [0.1, 0.15) is 49.1 Å². The highest BCUT2D eigenvalue weighted by Gasteiger charge is 2.34. The summed E-state index contributed by atoms with van der Waals surface area (Å²) in [4.78, 5) is 42.4. The van der Waals surface area contributed by atoms with Gasteiger partial charge in [-0.15, -0.1) is 0 Å².